The summed E-state index contributed by atoms with van der Waals surface area (Å²) in [5.74, 6) is 0.925. The maximum atomic E-state index is 12.8. The first-order valence-corrected chi connectivity index (χ1v) is 9.28. The van der Waals surface area contributed by atoms with Gasteiger partial charge in [0.1, 0.15) is 0 Å². The molecule has 0 spiro atoms. The minimum Gasteiger partial charge on any atom is -0.493 e. The van der Waals surface area contributed by atoms with Gasteiger partial charge in [-0.15, -0.1) is 0 Å². The van der Waals surface area contributed by atoms with Crippen LogP contribution in [0.1, 0.15) is 22.3 Å². The number of rotatable bonds is 5. The predicted octanol–water partition coefficient (Wildman–Crippen LogP) is 4.56. The van der Waals surface area contributed by atoms with Gasteiger partial charge in [0, 0.05) is 0 Å². The molecule has 0 atom stereocenters. The van der Waals surface area contributed by atoms with Gasteiger partial charge in [0.25, 0.3) is 11.1 Å². The third kappa shape index (κ3) is 4.01. The molecule has 1 heterocycles. The highest BCUT2D eigenvalue weighted by Crippen LogP contribution is 2.36. The number of aryl methyl sites for hydroxylation is 2. The number of hydrogen-bond donors (Lipinski definition) is 0. The van der Waals surface area contributed by atoms with E-state index in [1.165, 1.54) is 4.90 Å². The third-order valence-electron chi connectivity index (χ3n) is 4.36. The van der Waals surface area contributed by atoms with E-state index in [1.807, 2.05) is 50.2 Å². The Hall–Kier alpha value is -2.73. The Balaban J connectivity index is 1.88. The molecule has 1 aliphatic heterocycles. The molecule has 3 rings (SSSR count). The number of amides is 2. The first-order valence-electron chi connectivity index (χ1n) is 8.46. The van der Waals surface area contributed by atoms with Crippen LogP contribution < -0.4 is 9.47 Å². The normalized spacial score (nSPS) is 15.6. The minimum atomic E-state index is -0.277. The largest absolute Gasteiger partial charge is 0.493 e. The molecule has 2 amide bonds. The molecule has 0 N–H and O–H groups in total. The van der Waals surface area contributed by atoms with E-state index in [0.717, 1.165) is 34.0 Å². The Morgan fingerprint density at radius 2 is 1.74 bits per heavy atom. The fraction of sp³-hybridized carbons (Fsp3) is 0.238. The van der Waals surface area contributed by atoms with Crippen LogP contribution in [0.2, 0.25) is 0 Å². The highest BCUT2D eigenvalue weighted by Gasteiger charge is 2.35. The molecule has 140 valence electrons. The maximum Gasteiger partial charge on any atom is 0.293 e. The van der Waals surface area contributed by atoms with E-state index in [0.29, 0.717) is 16.4 Å². The van der Waals surface area contributed by atoms with Gasteiger partial charge in [0.05, 0.1) is 25.7 Å². The standard InChI is InChI=1S/C21H21NO4S/c1-13-6-5-7-15(8-13)12-22-20(23)19(27-21(22)24)11-16-10-18(26-4)17(25-3)9-14(16)2/h5-11H,12H2,1-4H3. The molecule has 2 aromatic carbocycles. The van der Waals surface area contributed by atoms with E-state index in [2.05, 4.69) is 0 Å². The third-order valence-corrected chi connectivity index (χ3v) is 5.26. The number of imide groups is 1. The lowest BCUT2D eigenvalue weighted by molar-refractivity contribution is -0.123. The zero-order chi connectivity index (χ0) is 19.6. The van der Waals surface area contributed by atoms with Crippen molar-refractivity contribution in [3.05, 3.63) is 63.6 Å². The molecule has 27 heavy (non-hydrogen) atoms. The summed E-state index contributed by atoms with van der Waals surface area (Å²) in [6.07, 6.45) is 1.73. The monoisotopic (exact) mass is 383 g/mol. The first-order chi connectivity index (χ1) is 12.9. The number of thioether (sulfide) groups is 1. The van der Waals surface area contributed by atoms with Crippen molar-refractivity contribution in [1.82, 2.24) is 4.90 Å². The summed E-state index contributed by atoms with van der Waals surface area (Å²) in [7, 11) is 3.14. The van der Waals surface area contributed by atoms with Gasteiger partial charge in [-0.2, -0.15) is 0 Å². The smallest absolute Gasteiger partial charge is 0.293 e. The summed E-state index contributed by atoms with van der Waals surface area (Å²) >= 11 is 0.959. The van der Waals surface area contributed by atoms with Crippen LogP contribution in [0.3, 0.4) is 0 Å². The Morgan fingerprint density at radius 3 is 2.41 bits per heavy atom. The van der Waals surface area contributed by atoms with Crippen molar-refractivity contribution >= 4 is 29.0 Å². The Morgan fingerprint density at radius 1 is 1.04 bits per heavy atom. The van der Waals surface area contributed by atoms with Gasteiger partial charge in [0.2, 0.25) is 0 Å². The van der Waals surface area contributed by atoms with E-state index in [1.54, 1.807) is 20.3 Å². The molecule has 0 saturated carbocycles. The molecular weight excluding hydrogens is 362 g/mol. The summed E-state index contributed by atoms with van der Waals surface area (Å²) in [5.41, 5.74) is 3.77. The number of hydrogen-bond acceptors (Lipinski definition) is 5. The highest BCUT2D eigenvalue weighted by atomic mass is 32.2. The number of benzene rings is 2. The van der Waals surface area contributed by atoms with Crippen LogP contribution in [-0.2, 0) is 11.3 Å². The number of ether oxygens (including phenoxy) is 2. The van der Waals surface area contributed by atoms with E-state index in [-0.39, 0.29) is 17.7 Å². The van der Waals surface area contributed by atoms with Crippen LogP contribution in [0.15, 0.2) is 41.3 Å². The van der Waals surface area contributed by atoms with Crippen molar-refractivity contribution in [2.75, 3.05) is 14.2 Å². The summed E-state index contributed by atoms with van der Waals surface area (Å²) < 4.78 is 10.6. The number of nitrogens with zero attached hydrogens (tertiary/aromatic N) is 1. The second-order valence-electron chi connectivity index (χ2n) is 6.32. The molecule has 5 nitrogen and oxygen atoms in total. The zero-order valence-corrected chi connectivity index (χ0v) is 16.6. The molecule has 0 aromatic heterocycles. The molecule has 2 aromatic rings. The summed E-state index contributed by atoms with van der Waals surface area (Å²) in [4.78, 5) is 26.8. The fourth-order valence-electron chi connectivity index (χ4n) is 2.92. The Labute approximate surface area is 163 Å². The molecule has 1 fully saturated rings. The number of carbonyl (C=O) groups is 2. The van der Waals surface area contributed by atoms with Gasteiger partial charge in [-0.3, -0.25) is 14.5 Å². The zero-order valence-electron chi connectivity index (χ0n) is 15.7. The summed E-state index contributed by atoms with van der Waals surface area (Å²) in [6, 6.07) is 11.5. The summed E-state index contributed by atoms with van der Waals surface area (Å²) in [5, 5.41) is -0.258. The predicted molar refractivity (Wildman–Crippen MR) is 107 cm³/mol. The van der Waals surface area contributed by atoms with E-state index in [9.17, 15) is 9.59 Å². The lowest BCUT2D eigenvalue weighted by atomic mass is 10.1. The topological polar surface area (TPSA) is 55.8 Å². The SMILES string of the molecule is COc1cc(C)c(C=C2SC(=O)N(Cc3cccc(C)c3)C2=O)cc1OC. The van der Waals surface area contributed by atoms with Crippen molar-refractivity contribution in [3.63, 3.8) is 0 Å². The molecular formula is C21H21NO4S. The molecule has 1 saturated heterocycles. The van der Waals surface area contributed by atoms with E-state index >= 15 is 0 Å². The van der Waals surface area contributed by atoms with Crippen molar-refractivity contribution in [2.45, 2.75) is 20.4 Å². The van der Waals surface area contributed by atoms with Crippen LogP contribution >= 0.6 is 11.8 Å². The average molecular weight is 383 g/mol. The minimum absolute atomic E-state index is 0.258. The highest BCUT2D eigenvalue weighted by molar-refractivity contribution is 8.18. The second kappa shape index (κ2) is 7.88. The Kier molecular flexibility index (Phi) is 5.56. The number of carbonyl (C=O) groups excluding carboxylic acids is 2. The van der Waals surface area contributed by atoms with Crippen LogP contribution in [-0.4, -0.2) is 30.3 Å². The maximum absolute atomic E-state index is 12.8. The van der Waals surface area contributed by atoms with Crippen LogP contribution in [0.5, 0.6) is 11.5 Å². The van der Waals surface area contributed by atoms with E-state index in [4.69, 9.17) is 9.47 Å². The van der Waals surface area contributed by atoms with Crippen molar-refractivity contribution in [2.24, 2.45) is 0 Å². The van der Waals surface area contributed by atoms with Gasteiger partial charge in [-0.1, -0.05) is 29.8 Å². The summed E-state index contributed by atoms with van der Waals surface area (Å²) in [6.45, 7) is 4.18. The molecule has 6 heteroatoms. The quantitative estimate of drug-likeness (QED) is 0.709. The average Bonchev–Trinajstić information content (AvgIpc) is 2.90. The van der Waals surface area contributed by atoms with E-state index < -0.39 is 0 Å². The van der Waals surface area contributed by atoms with Crippen molar-refractivity contribution in [3.8, 4) is 11.5 Å². The van der Waals surface area contributed by atoms with Gasteiger partial charge in [-0.05, 0) is 60.5 Å². The van der Waals surface area contributed by atoms with Gasteiger partial charge in [-0.25, -0.2) is 0 Å². The molecule has 0 radical (unpaired) electrons. The molecule has 0 aliphatic carbocycles. The fourth-order valence-corrected chi connectivity index (χ4v) is 3.75. The van der Waals surface area contributed by atoms with Gasteiger partial charge in [0.15, 0.2) is 11.5 Å². The lowest BCUT2D eigenvalue weighted by Gasteiger charge is -2.13. The van der Waals surface area contributed by atoms with Crippen LogP contribution in [0, 0.1) is 13.8 Å². The van der Waals surface area contributed by atoms with Crippen LogP contribution in [0.4, 0.5) is 4.79 Å². The molecule has 1 aliphatic rings. The first kappa shape index (κ1) is 19.0. The molecule has 0 bridgehead atoms. The van der Waals surface area contributed by atoms with Gasteiger partial charge >= 0.3 is 0 Å². The second-order valence-corrected chi connectivity index (χ2v) is 7.31. The van der Waals surface area contributed by atoms with Gasteiger partial charge < -0.3 is 9.47 Å². The van der Waals surface area contributed by atoms with Crippen LogP contribution in [0.25, 0.3) is 6.08 Å². The molecule has 0 unspecified atom stereocenters. The lowest BCUT2D eigenvalue weighted by Crippen LogP contribution is -2.27. The van der Waals surface area contributed by atoms with Crippen molar-refractivity contribution < 1.29 is 19.1 Å². The van der Waals surface area contributed by atoms with Crippen molar-refractivity contribution in [1.29, 1.82) is 0 Å². The number of methoxy groups -OCH3 is 2. The Bertz CT molecular complexity index is 936.